The predicted molar refractivity (Wildman–Crippen MR) is 74.6 cm³/mol. The van der Waals surface area contributed by atoms with E-state index in [0.29, 0.717) is 11.3 Å². The van der Waals surface area contributed by atoms with Crippen molar-refractivity contribution in [1.29, 1.82) is 0 Å². The second kappa shape index (κ2) is 4.26. The van der Waals surface area contributed by atoms with E-state index in [0.717, 1.165) is 17.9 Å². The quantitative estimate of drug-likeness (QED) is 0.781. The van der Waals surface area contributed by atoms with Crippen LogP contribution in [0.15, 0.2) is 34.7 Å². The Hall–Kier alpha value is -2.03. The third kappa shape index (κ3) is 1.86. The van der Waals surface area contributed by atoms with E-state index in [1.54, 1.807) is 0 Å². The van der Waals surface area contributed by atoms with Crippen LogP contribution in [0.5, 0.6) is 0 Å². The van der Waals surface area contributed by atoms with E-state index in [-0.39, 0.29) is 11.9 Å². The first-order valence-corrected chi connectivity index (χ1v) is 6.56. The van der Waals surface area contributed by atoms with E-state index in [4.69, 9.17) is 4.42 Å². The number of nitrogens with zero attached hydrogens (tertiary/aromatic N) is 1. The maximum absolute atomic E-state index is 12.7. The molecule has 19 heavy (non-hydrogen) atoms. The standard InChI is InChI=1S/C16H17NO2/c1-10-8-13-6-4-5-7-15(13)17(10)16(18)14-9-11(2)19-12(14)3/h4-7,9-10H,8H2,1-3H3/t10-/m0/s1. The van der Waals surface area contributed by atoms with Gasteiger partial charge in [-0.2, -0.15) is 0 Å². The summed E-state index contributed by atoms with van der Waals surface area (Å²) < 4.78 is 5.47. The van der Waals surface area contributed by atoms with Gasteiger partial charge in [0.15, 0.2) is 0 Å². The van der Waals surface area contributed by atoms with Crippen molar-refractivity contribution in [2.24, 2.45) is 0 Å². The van der Waals surface area contributed by atoms with Crippen LogP contribution in [0.25, 0.3) is 0 Å². The molecule has 1 aliphatic rings. The summed E-state index contributed by atoms with van der Waals surface area (Å²) in [7, 11) is 0. The van der Waals surface area contributed by atoms with E-state index in [9.17, 15) is 4.79 Å². The van der Waals surface area contributed by atoms with E-state index in [1.807, 2.05) is 43.0 Å². The molecule has 0 saturated carbocycles. The Morgan fingerprint density at radius 3 is 2.74 bits per heavy atom. The molecule has 0 N–H and O–H groups in total. The average Bonchev–Trinajstić information content (AvgIpc) is 2.87. The summed E-state index contributed by atoms with van der Waals surface area (Å²) in [4.78, 5) is 14.6. The number of para-hydroxylation sites is 1. The van der Waals surface area contributed by atoms with Gasteiger partial charge < -0.3 is 9.32 Å². The topological polar surface area (TPSA) is 33.5 Å². The summed E-state index contributed by atoms with van der Waals surface area (Å²) in [5.74, 6) is 1.51. The van der Waals surface area contributed by atoms with Gasteiger partial charge in [0.05, 0.1) is 5.56 Å². The minimum atomic E-state index is 0.0341. The number of carbonyl (C=O) groups is 1. The molecule has 2 aromatic rings. The smallest absolute Gasteiger partial charge is 0.262 e. The van der Waals surface area contributed by atoms with Crippen LogP contribution in [-0.2, 0) is 6.42 Å². The number of furan rings is 1. The number of hydrogen-bond donors (Lipinski definition) is 0. The highest BCUT2D eigenvalue weighted by atomic mass is 16.3. The summed E-state index contributed by atoms with van der Waals surface area (Å²) in [5.41, 5.74) is 2.93. The minimum absolute atomic E-state index is 0.0341. The number of aryl methyl sites for hydroxylation is 2. The maximum Gasteiger partial charge on any atom is 0.262 e. The third-order valence-electron chi connectivity index (χ3n) is 3.70. The summed E-state index contributed by atoms with van der Waals surface area (Å²) in [6.45, 7) is 5.79. The number of fused-ring (bicyclic) bond motifs is 1. The molecule has 0 aliphatic carbocycles. The second-order valence-corrected chi connectivity index (χ2v) is 5.18. The normalized spacial score (nSPS) is 17.6. The zero-order chi connectivity index (χ0) is 13.6. The Kier molecular flexibility index (Phi) is 2.70. The van der Waals surface area contributed by atoms with E-state index in [1.165, 1.54) is 5.56 Å². The van der Waals surface area contributed by atoms with Crippen LogP contribution >= 0.6 is 0 Å². The fourth-order valence-electron chi connectivity index (χ4n) is 2.85. The van der Waals surface area contributed by atoms with Crippen molar-refractivity contribution in [2.45, 2.75) is 33.2 Å². The highest BCUT2D eigenvalue weighted by molar-refractivity contribution is 6.08. The highest BCUT2D eigenvalue weighted by Gasteiger charge is 2.32. The van der Waals surface area contributed by atoms with Gasteiger partial charge in [-0.1, -0.05) is 18.2 Å². The number of anilines is 1. The fraction of sp³-hybridized carbons (Fsp3) is 0.312. The lowest BCUT2D eigenvalue weighted by atomic mass is 10.1. The van der Waals surface area contributed by atoms with Gasteiger partial charge in [0.25, 0.3) is 5.91 Å². The molecule has 1 aromatic heterocycles. The SMILES string of the molecule is Cc1cc(C(=O)N2c3ccccc3C[C@@H]2C)c(C)o1. The monoisotopic (exact) mass is 255 g/mol. The predicted octanol–water partition coefficient (Wildman–Crippen LogP) is 3.49. The van der Waals surface area contributed by atoms with Crippen LogP contribution in [0, 0.1) is 13.8 Å². The first kappa shape index (κ1) is 12.0. The van der Waals surface area contributed by atoms with Gasteiger partial charge in [-0.3, -0.25) is 4.79 Å². The van der Waals surface area contributed by atoms with Crippen molar-refractivity contribution in [3.05, 3.63) is 53.0 Å². The van der Waals surface area contributed by atoms with Crippen LogP contribution in [0.4, 0.5) is 5.69 Å². The molecule has 2 heterocycles. The fourth-order valence-corrected chi connectivity index (χ4v) is 2.85. The van der Waals surface area contributed by atoms with E-state index in [2.05, 4.69) is 13.0 Å². The molecule has 0 bridgehead atoms. The number of amides is 1. The third-order valence-corrected chi connectivity index (χ3v) is 3.70. The van der Waals surface area contributed by atoms with Crippen molar-refractivity contribution in [3.8, 4) is 0 Å². The van der Waals surface area contributed by atoms with Gasteiger partial charge in [-0.05, 0) is 44.9 Å². The van der Waals surface area contributed by atoms with Crippen molar-refractivity contribution in [1.82, 2.24) is 0 Å². The number of benzene rings is 1. The van der Waals surface area contributed by atoms with E-state index >= 15 is 0 Å². The van der Waals surface area contributed by atoms with Crippen molar-refractivity contribution in [2.75, 3.05) is 4.90 Å². The Bertz CT molecular complexity index is 642. The highest BCUT2D eigenvalue weighted by Crippen LogP contribution is 2.33. The van der Waals surface area contributed by atoms with Crippen LogP contribution in [0.2, 0.25) is 0 Å². The molecule has 1 aliphatic heterocycles. The molecule has 0 spiro atoms. The van der Waals surface area contributed by atoms with E-state index < -0.39 is 0 Å². The summed E-state index contributed by atoms with van der Waals surface area (Å²) in [5, 5.41) is 0. The molecule has 0 saturated heterocycles. The molecular formula is C16H17NO2. The first-order chi connectivity index (χ1) is 9.08. The van der Waals surface area contributed by atoms with Crippen molar-refractivity contribution < 1.29 is 9.21 Å². The Labute approximate surface area is 112 Å². The maximum atomic E-state index is 12.7. The second-order valence-electron chi connectivity index (χ2n) is 5.18. The Balaban J connectivity index is 2.03. The lowest BCUT2D eigenvalue weighted by molar-refractivity contribution is 0.0980. The molecule has 3 nitrogen and oxygen atoms in total. The summed E-state index contributed by atoms with van der Waals surface area (Å²) in [6.07, 6.45) is 0.914. The Morgan fingerprint density at radius 2 is 2.05 bits per heavy atom. The number of hydrogen-bond acceptors (Lipinski definition) is 2. The van der Waals surface area contributed by atoms with Gasteiger partial charge in [0.1, 0.15) is 11.5 Å². The number of carbonyl (C=O) groups excluding carboxylic acids is 1. The molecule has 0 unspecified atom stereocenters. The molecule has 1 aromatic carbocycles. The van der Waals surface area contributed by atoms with Gasteiger partial charge in [0.2, 0.25) is 0 Å². The lowest BCUT2D eigenvalue weighted by Crippen LogP contribution is -2.35. The number of rotatable bonds is 1. The largest absolute Gasteiger partial charge is 0.466 e. The van der Waals surface area contributed by atoms with Gasteiger partial charge in [0, 0.05) is 11.7 Å². The molecule has 1 amide bonds. The summed E-state index contributed by atoms with van der Waals surface area (Å²) >= 11 is 0. The van der Waals surface area contributed by atoms with Gasteiger partial charge >= 0.3 is 0 Å². The molecule has 3 heteroatoms. The molecule has 0 radical (unpaired) electrons. The van der Waals surface area contributed by atoms with Gasteiger partial charge in [-0.15, -0.1) is 0 Å². The van der Waals surface area contributed by atoms with Crippen LogP contribution in [-0.4, -0.2) is 11.9 Å². The molecule has 1 atom stereocenters. The Morgan fingerprint density at radius 1 is 1.32 bits per heavy atom. The minimum Gasteiger partial charge on any atom is -0.466 e. The van der Waals surface area contributed by atoms with Crippen molar-refractivity contribution in [3.63, 3.8) is 0 Å². The molecule has 98 valence electrons. The zero-order valence-corrected chi connectivity index (χ0v) is 11.4. The molecule has 0 fully saturated rings. The average molecular weight is 255 g/mol. The summed E-state index contributed by atoms with van der Waals surface area (Å²) in [6, 6.07) is 10.1. The van der Waals surface area contributed by atoms with Crippen LogP contribution in [0.3, 0.4) is 0 Å². The molecule has 3 rings (SSSR count). The first-order valence-electron chi connectivity index (χ1n) is 6.56. The lowest BCUT2D eigenvalue weighted by Gasteiger charge is -2.22. The zero-order valence-electron chi connectivity index (χ0n) is 11.4. The van der Waals surface area contributed by atoms with Crippen LogP contribution < -0.4 is 4.90 Å². The van der Waals surface area contributed by atoms with Gasteiger partial charge in [-0.25, -0.2) is 0 Å². The molecular weight excluding hydrogens is 238 g/mol. The van der Waals surface area contributed by atoms with Crippen molar-refractivity contribution >= 4 is 11.6 Å². The van der Waals surface area contributed by atoms with Crippen LogP contribution in [0.1, 0.15) is 34.4 Å².